The van der Waals surface area contributed by atoms with Gasteiger partial charge in [-0.2, -0.15) is 0 Å². The minimum absolute atomic E-state index is 0.139. The van der Waals surface area contributed by atoms with Gasteiger partial charge >= 0.3 is 5.97 Å². The number of anilines is 1. The van der Waals surface area contributed by atoms with E-state index in [0.717, 1.165) is 16.9 Å². The molecule has 0 radical (unpaired) electrons. The number of aliphatic carboxylic acids is 1. The van der Waals surface area contributed by atoms with Crippen molar-refractivity contribution in [1.82, 2.24) is 0 Å². The summed E-state index contributed by atoms with van der Waals surface area (Å²) in [5.74, 6) is -0.831. The van der Waals surface area contributed by atoms with Crippen LogP contribution in [0.2, 0.25) is 0 Å². The van der Waals surface area contributed by atoms with Gasteiger partial charge in [-0.3, -0.25) is 9.59 Å². The molecule has 0 aliphatic heterocycles. The predicted molar refractivity (Wildman–Crippen MR) is 92.6 cm³/mol. The van der Waals surface area contributed by atoms with E-state index in [-0.39, 0.29) is 12.3 Å². The average Bonchev–Trinajstić information content (AvgIpc) is 2.56. The number of benzene rings is 2. The molecule has 5 heteroatoms. The summed E-state index contributed by atoms with van der Waals surface area (Å²) in [6.45, 7) is 3.57. The highest BCUT2D eigenvalue weighted by atomic mass is 16.5. The number of carboxylic acid groups (broad SMARTS) is 1. The number of nitrogens with one attached hydrogen (secondary N) is 1. The molecule has 0 bridgehead atoms. The van der Waals surface area contributed by atoms with Crippen molar-refractivity contribution in [1.29, 1.82) is 0 Å². The second-order valence-corrected chi connectivity index (χ2v) is 5.71. The molecule has 0 saturated heterocycles. The highest BCUT2D eigenvalue weighted by Gasteiger charge is 2.13. The van der Waals surface area contributed by atoms with Crippen molar-refractivity contribution in [3.8, 4) is 5.75 Å². The Morgan fingerprint density at radius 1 is 1.17 bits per heavy atom. The zero-order chi connectivity index (χ0) is 17.7. The van der Waals surface area contributed by atoms with Gasteiger partial charge in [0.2, 0.25) is 5.91 Å². The predicted octanol–water partition coefficient (Wildman–Crippen LogP) is 3.37. The smallest absolute Gasteiger partial charge is 0.310 e. The van der Waals surface area contributed by atoms with E-state index < -0.39 is 11.9 Å². The molecular formula is C19H21NO4. The summed E-state index contributed by atoms with van der Waals surface area (Å²) in [5.41, 5.74) is 3.22. The maximum atomic E-state index is 12.1. The van der Waals surface area contributed by atoms with E-state index in [1.54, 1.807) is 38.3 Å². The molecule has 0 fully saturated rings. The first-order valence-corrected chi connectivity index (χ1v) is 7.67. The maximum absolute atomic E-state index is 12.1. The quantitative estimate of drug-likeness (QED) is 0.853. The Hall–Kier alpha value is -2.82. The molecule has 0 aromatic heterocycles. The molecule has 2 aromatic carbocycles. The fourth-order valence-electron chi connectivity index (χ4n) is 2.36. The summed E-state index contributed by atoms with van der Waals surface area (Å²) in [6, 6.07) is 12.5. The Balaban J connectivity index is 2.01. The molecule has 126 valence electrons. The van der Waals surface area contributed by atoms with Crippen LogP contribution in [-0.2, 0) is 16.0 Å². The number of hydrogen-bond acceptors (Lipinski definition) is 3. The van der Waals surface area contributed by atoms with Gasteiger partial charge in [-0.05, 0) is 48.7 Å². The number of carboxylic acids is 1. The lowest BCUT2D eigenvalue weighted by molar-refractivity contribution is -0.138. The Bertz CT molecular complexity index is 738. The number of amides is 1. The number of carbonyl (C=O) groups is 2. The molecule has 2 N–H and O–H groups in total. The van der Waals surface area contributed by atoms with Crippen LogP contribution in [0.4, 0.5) is 5.69 Å². The zero-order valence-electron chi connectivity index (χ0n) is 14.0. The molecule has 1 amide bonds. The fourth-order valence-corrected chi connectivity index (χ4v) is 2.36. The molecule has 0 spiro atoms. The Morgan fingerprint density at radius 3 is 2.42 bits per heavy atom. The van der Waals surface area contributed by atoms with Crippen molar-refractivity contribution in [2.45, 2.75) is 26.2 Å². The first-order chi connectivity index (χ1) is 11.4. The van der Waals surface area contributed by atoms with Crippen molar-refractivity contribution >= 4 is 17.6 Å². The first kappa shape index (κ1) is 17.5. The van der Waals surface area contributed by atoms with Gasteiger partial charge in [0.1, 0.15) is 5.75 Å². The highest BCUT2D eigenvalue weighted by molar-refractivity contribution is 5.92. The molecule has 24 heavy (non-hydrogen) atoms. The third-order valence-electron chi connectivity index (χ3n) is 3.90. The SMILES string of the molecule is COc1cc(CC(=O)Nc2ccc(C(C)C(=O)O)cc2)ccc1C. The van der Waals surface area contributed by atoms with Crippen molar-refractivity contribution in [3.63, 3.8) is 0 Å². The van der Waals surface area contributed by atoms with Crippen molar-refractivity contribution in [2.24, 2.45) is 0 Å². The van der Waals surface area contributed by atoms with Crippen LogP contribution in [0.1, 0.15) is 29.5 Å². The monoisotopic (exact) mass is 327 g/mol. The summed E-state index contributed by atoms with van der Waals surface area (Å²) < 4.78 is 5.26. The fraction of sp³-hybridized carbons (Fsp3) is 0.263. The molecule has 5 nitrogen and oxygen atoms in total. The summed E-state index contributed by atoms with van der Waals surface area (Å²) in [5, 5.41) is 11.8. The van der Waals surface area contributed by atoms with Gasteiger partial charge in [-0.1, -0.05) is 24.3 Å². The van der Waals surface area contributed by atoms with E-state index in [1.165, 1.54) is 0 Å². The Labute approximate surface area is 141 Å². The number of rotatable bonds is 6. The largest absolute Gasteiger partial charge is 0.496 e. The van der Waals surface area contributed by atoms with Crippen LogP contribution < -0.4 is 10.1 Å². The molecule has 2 rings (SSSR count). The highest BCUT2D eigenvalue weighted by Crippen LogP contribution is 2.20. The van der Waals surface area contributed by atoms with Crippen LogP contribution in [0.25, 0.3) is 0 Å². The van der Waals surface area contributed by atoms with Crippen LogP contribution in [-0.4, -0.2) is 24.1 Å². The second kappa shape index (κ2) is 7.64. The lowest BCUT2D eigenvalue weighted by Gasteiger charge is -2.10. The zero-order valence-corrected chi connectivity index (χ0v) is 14.0. The van der Waals surface area contributed by atoms with Crippen molar-refractivity contribution < 1.29 is 19.4 Å². The molecule has 0 aliphatic rings. The van der Waals surface area contributed by atoms with Crippen molar-refractivity contribution in [3.05, 3.63) is 59.2 Å². The maximum Gasteiger partial charge on any atom is 0.310 e. The standard InChI is InChI=1S/C19H21NO4/c1-12-4-5-14(10-17(12)24-3)11-18(21)20-16-8-6-15(7-9-16)13(2)19(22)23/h4-10,13H,11H2,1-3H3,(H,20,21)(H,22,23). The van der Waals surface area contributed by atoms with Crippen LogP contribution in [0, 0.1) is 6.92 Å². The van der Waals surface area contributed by atoms with Crippen LogP contribution in [0.3, 0.4) is 0 Å². The minimum Gasteiger partial charge on any atom is -0.496 e. The second-order valence-electron chi connectivity index (χ2n) is 5.71. The third-order valence-corrected chi connectivity index (χ3v) is 3.90. The summed E-state index contributed by atoms with van der Waals surface area (Å²) in [7, 11) is 1.60. The lowest BCUT2D eigenvalue weighted by Crippen LogP contribution is -2.14. The number of carbonyl (C=O) groups excluding carboxylic acids is 1. The van der Waals surface area contributed by atoms with E-state index in [2.05, 4.69) is 5.32 Å². The molecule has 0 aliphatic carbocycles. The molecule has 0 heterocycles. The number of aryl methyl sites for hydroxylation is 1. The van der Waals surface area contributed by atoms with E-state index in [1.807, 2.05) is 25.1 Å². The van der Waals surface area contributed by atoms with E-state index in [9.17, 15) is 9.59 Å². The molecule has 1 atom stereocenters. The average molecular weight is 327 g/mol. The van der Waals surface area contributed by atoms with Crippen LogP contribution in [0.15, 0.2) is 42.5 Å². The van der Waals surface area contributed by atoms with E-state index in [0.29, 0.717) is 11.3 Å². The van der Waals surface area contributed by atoms with Gasteiger partial charge in [0.05, 0.1) is 19.4 Å². The number of hydrogen-bond donors (Lipinski definition) is 2. The molecule has 0 saturated carbocycles. The van der Waals surface area contributed by atoms with E-state index in [4.69, 9.17) is 9.84 Å². The van der Waals surface area contributed by atoms with Crippen molar-refractivity contribution in [2.75, 3.05) is 12.4 Å². The summed E-state index contributed by atoms with van der Waals surface area (Å²) in [4.78, 5) is 23.1. The van der Waals surface area contributed by atoms with Gasteiger partial charge in [0.15, 0.2) is 0 Å². The third kappa shape index (κ3) is 4.35. The first-order valence-electron chi connectivity index (χ1n) is 7.67. The van der Waals surface area contributed by atoms with Gasteiger partial charge in [0, 0.05) is 5.69 Å². The number of ether oxygens (including phenoxy) is 1. The minimum atomic E-state index is -0.875. The van der Waals surface area contributed by atoms with Gasteiger partial charge < -0.3 is 15.2 Å². The van der Waals surface area contributed by atoms with Crippen LogP contribution in [0.5, 0.6) is 5.75 Å². The van der Waals surface area contributed by atoms with E-state index >= 15 is 0 Å². The molecule has 1 unspecified atom stereocenters. The molecular weight excluding hydrogens is 306 g/mol. The Morgan fingerprint density at radius 2 is 1.83 bits per heavy atom. The van der Waals surface area contributed by atoms with Crippen LogP contribution >= 0.6 is 0 Å². The molecule has 2 aromatic rings. The van der Waals surface area contributed by atoms with Gasteiger partial charge in [-0.25, -0.2) is 0 Å². The van der Waals surface area contributed by atoms with Gasteiger partial charge in [-0.15, -0.1) is 0 Å². The summed E-state index contributed by atoms with van der Waals surface area (Å²) in [6.07, 6.45) is 0.240. The topological polar surface area (TPSA) is 75.6 Å². The normalized spacial score (nSPS) is 11.6. The lowest BCUT2D eigenvalue weighted by atomic mass is 10.0. The number of methoxy groups -OCH3 is 1. The Kier molecular flexibility index (Phi) is 5.58. The van der Waals surface area contributed by atoms with Gasteiger partial charge in [0.25, 0.3) is 0 Å². The summed E-state index contributed by atoms with van der Waals surface area (Å²) >= 11 is 0.